The fourth-order valence-electron chi connectivity index (χ4n) is 3.65. The number of piperidine rings is 1. The van der Waals surface area contributed by atoms with Crippen molar-refractivity contribution in [2.75, 3.05) is 6.54 Å². The van der Waals surface area contributed by atoms with Gasteiger partial charge in [0, 0.05) is 12.0 Å². The first kappa shape index (κ1) is 14.6. The molecule has 3 nitrogen and oxygen atoms in total. The van der Waals surface area contributed by atoms with Gasteiger partial charge in [0.1, 0.15) is 5.75 Å². The standard InChI is InChI=1S/C15H21NO2.ClH/c17-12-6-4-11(5-7-12)14-13-3-1-2-8-15(13,18)9-10-16-14;/h4-7,13-14,16-18H,1-3,8-10H2;1H. The quantitative estimate of drug-likeness (QED) is 0.743. The van der Waals surface area contributed by atoms with Crippen LogP contribution in [-0.4, -0.2) is 22.4 Å². The summed E-state index contributed by atoms with van der Waals surface area (Å²) in [5, 5.41) is 23.7. The van der Waals surface area contributed by atoms with Crippen molar-refractivity contribution in [3.63, 3.8) is 0 Å². The zero-order chi connectivity index (χ0) is 12.6. The number of fused-ring (bicyclic) bond motifs is 1. The molecule has 1 aromatic rings. The largest absolute Gasteiger partial charge is 0.508 e. The number of hydrogen-bond donors (Lipinski definition) is 3. The van der Waals surface area contributed by atoms with Crippen molar-refractivity contribution >= 4 is 12.4 Å². The molecule has 3 N–H and O–H groups in total. The van der Waals surface area contributed by atoms with E-state index in [1.54, 1.807) is 12.1 Å². The molecule has 0 bridgehead atoms. The first-order chi connectivity index (χ1) is 8.69. The summed E-state index contributed by atoms with van der Waals surface area (Å²) in [5.74, 6) is 0.609. The number of aliphatic hydroxyl groups is 1. The van der Waals surface area contributed by atoms with Crippen molar-refractivity contribution < 1.29 is 10.2 Å². The fourth-order valence-corrected chi connectivity index (χ4v) is 3.65. The van der Waals surface area contributed by atoms with E-state index in [2.05, 4.69) is 5.32 Å². The van der Waals surface area contributed by atoms with Crippen molar-refractivity contribution in [3.8, 4) is 5.75 Å². The van der Waals surface area contributed by atoms with Gasteiger partial charge in [0.25, 0.3) is 0 Å². The maximum atomic E-state index is 10.8. The molecule has 3 atom stereocenters. The SMILES string of the molecule is Cl.Oc1ccc(C2NCCC3(O)CCCCC23)cc1. The highest BCUT2D eigenvalue weighted by molar-refractivity contribution is 5.85. The van der Waals surface area contributed by atoms with Gasteiger partial charge in [-0.15, -0.1) is 12.4 Å². The highest BCUT2D eigenvalue weighted by Crippen LogP contribution is 2.45. The molecular weight excluding hydrogens is 262 g/mol. The Morgan fingerprint density at radius 1 is 1.11 bits per heavy atom. The Morgan fingerprint density at radius 2 is 1.84 bits per heavy atom. The number of rotatable bonds is 1. The van der Waals surface area contributed by atoms with E-state index in [-0.39, 0.29) is 18.4 Å². The molecule has 3 unspecified atom stereocenters. The molecule has 19 heavy (non-hydrogen) atoms. The third kappa shape index (κ3) is 2.73. The van der Waals surface area contributed by atoms with E-state index in [9.17, 15) is 10.2 Å². The van der Waals surface area contributed by atoms with E-state index in [1.165, 1.54) is 12.0 Å². The van der Waals surface area contributed by atoms with Crippen LogP contribution in [0.2, 0.25) is 0 Å². The summed E-state index contributed by atoms with van der Waals surface area (Å²) in [4.78, 5) is 0. The van der Waals surface area contributed by atoms with Crippen LogP contribution in [0, 0.1) is 5.92 Å². The second kappa shape index (κ2) is 5.70. The molecule has 1 aliphatic carbocycles. The van der Waals surface area contributed by atoms with Crippen molar-refractivity contribution in [2.24, 2.45) is 5.92 Å². The molecule has 0 spiro atoms. The van der Waals surface area contributed by atoms with Gasteiger partial charge in [-0.25, -0.2) is 0 Å². The first-order valence-corrected chi connectivity index (χ1v) is 6.94. The lowest BCUT2D eigenvalue weighted by atomic mass is 9.67. The van der Waals surface area contributed by atoms with Crippen LogP contribution in [0.5, 0.6) is 5.75 Å². The van der Waals surface area contributed by atoms with Gasteiger partial charge < -0.3 is 15.5 Å². The molecule has 1 aromatic carbocycles. The van der Waals surface area contributed by atoms with Crippen LogP contribution >= 0.6 is 12.4 Å². The monoisotopic (exact) mass is 283 g/mol. The van der Waals surface area contributed by atoms with E-state index in [0.717, 1.165) is 32.2 Å². The minimum Gasteiger partial charge on any atom is -0.508 e. The minimum atomic E-state index is -0.480. The van der Waals surface area contributed by atoms with Gasteiger partial charge in [0.05, 0.1) is 5.60 Å². The smallest absolute Gasteiger partial charge is 0.115 e. The zero-order valence-electron chi connectivity index (χ0n) is 11.0. The molecule has 1 heterocycles. The molecule has 1 saturated heterocycles. The average molecular weight is 284 g/mol. The van der Waals surface area contributed by atoms with Crippen LogP contribution in [0.15, 0.2) is 24.3 Å². The number of phenolic OH excluding ortho intramolecular Hbond substituents is 1. The topological polar surface area (TPSA) is 52.5 Å². The molecule has 1 aliphatic heterocycles. The number of phenols is 1. The summed E-state index contributed by atoms with van der Waals surface area (Å²) in [5.41, 5.74) is 0.698. The van der Waals surface area contributed by atoms with Gasteiger partial charge in [-0.1, -0.05) is 25.0 Å². The summed E-state index contributed by atoms with van der Waals surface area (Å²) >= 11 is 0. The molecule has 2 aliphatic rings. The van der Waals surface area contributed by atoms with E-state index in [0.29, 0.717) is 11.7 Å². The van der Waals surface area contributed by atoms with Crippen molar-refractivity contribution in [1.29, 1.82) is 0 Å². The Balaban J connectivity index is 0.00000133. The molecule has 2 fully saturated rings. The third-order valence-electron chi connectivity index (χ3n) is 4.64. The minimum absolute atomic E-state index is 0. The van der Waals surface area contributed by atoms with E-state index in [1.807, 2.05) is 12.1 Å². The van der Waals surface area contributed by atoms with Crippen LogP contribution in [0.4, 0.5) is 0 Å². The first-order valence-electron chi connectivity index (χ1n) is 6.94. The van der Waals surface area contributed by atoms with Gasteiger partial charge >= 0.3 is 0 Å². The molecule has 0 amide bonds. The Morgan fingerprint density at radius 3 is 2.58 bits per heavy atom. The molecule has 0 aromatic heterocycles. The van der Waals surface area contributed by atoms with Crippen LogP contribution in [0.1, 0.15) is 43.7 Å². The lowest BCUT2D eigenvalue weighted by Crippen LogP contribution is -2.53. The second-order valence-corrected chi connectivity index (χ2v) is 5.73. The summed E-state index contributed by atoms with van der Waals surface area (Å²) in [6.45, 7) is 0.874. The Kier molecular flexibility index (Phi) is 4.39. The maximum Gasteiger partial charge on any atom is 0.115 e. The highest BCUT2D eigenvalue weighted by atomic mass is 35.5. The summed E-state index contributed by atoms with van der Waals surface area (Å²) in [6.07, 6.45) is 5.26. The van der Waals surface area contributed by atoms with Crippen LogP contribution in [-0.2, 0) is 0 Å². The average Bonchev–Trinajstić information content (AvgIpc) is 2.38. The number of halogens is 1. The Labute approximate surface area is 120 Å². The lowest BCUT2D eigenvalue weighted by molar-refractivity contribution is -0.0861. The summed E-state index contributed by atoms with van der Waals surface area (Å²) in [6, 6.07) is 7.62. The molecule has 106 valence electrons. The number of nitrogens with one attached hydrogen (secondary N) is 1. The van der Waals surface area contributed by atoms with E-state index >= 15 is 0 Å². The predicted octanol–water partition coefficient (Wildman–Crippen LogP) is 2.77. The highest BCUT2D eigenvalue weighted by Gasteiger charge is 2.45. The van der Waals surface area contributed by atoms with Gasteiger partial charge in [-0.3, -0.25) is 0 Å². The van der Waals surface area contributed by atoms with Crippen molar-refractivity contribution in [1.82, 2.24) is 5.32 Å². The molecule has 0 radical (unpaired) electrons. The van der Waals surface area contributed by atoms with E-state index < -0.39 is 5.60 Å². The third-order valence-corrected chi connectivity index (χ3v) is 4.64. The number of benzene rings is 1. The molecular formula is C15H22ClNO2. The number of hydrogen-bond acceptors (Lipinski definition) is 3. The van der Waals surface area contributed by atoms with Crippen LogP contribution in [0.25, 0.3) is 0 Å². The zero-order valence-corrected chi connectivity index (χ0v) is 11.8. The normalized spacial score (nSPS) is 34.2. The van der Waals surface area contributed by atoms with Gasteiger partial charge in [-0.2, -0.15) is 0 Å². The van der Waals surface area contributed by atoms with Crippen LogP contribution in [0.3, 0.4) is 0 Å². The number of aromatic hydroxyl groups is 1. The van der Waals surface area contributed by atoms with Gasteiger partial charge in [-0.05, 0) is 43.5 Å². The Hall–Kier alpha value is -0.770. The predicted molar refractivity (Wildman–Crippen MR) is 77.6 cm³/mol. The van der Waals surface area contributed by atoms with Crippen molar-refractivity contribution in [2.45, 2.75) is 43.7 Å². The molecule has 3 rings (SSSR count). The molecule has 1 saturated carbocycles. The summed E-state index contributed by atoms with van der Waals surface area (Å²) in [7, 11) is 0. The second-order valence-electron chi connectivity index (χ2n) is 5.73. The Bertz CT molecular complexity index is 419. The molecule has 4 heteroatoms. The van der Waals surface area contributed by atoms with E-state index in [4.69, 9.17) is 0 Å². The van der Waals surface area contributed by atoms with Crippen molar-refractivity contribution in [3.05, 3.63) is 29.8 Å². The lowest BCUT2D eigenvalue weighted by Gasteiger charge is -2.48. The fraction of sp³-hybridized carbons (Fsp3) is 0.600. The summed E-state index contributed by atoms with van der Waals surface area (Å²) < 4.78 is 0. The van der Waals surface area contributed by atoms with Crippen LogP contribution < -0.4 is 5.32 Å². The maximum absolute atomic E-state index is 10.8. The van der Waals surface area contributed by atoms with Gasteiger partial charge in [0.2, 0.25) is 0 Å². The van der Waals surface area contributed by atoms with Gasteiger partial charge in [0.15, 0.2) is 0 Å².